The number of imide groups is 1. The van der Waals surface area contributed by atoms with E-state index in [1.54, 1.807) is 12.1 Å². The number of amides is 2. The van der Waals surface area contributed by atoms with Crippen LogP contribution in [-0.4, -0.2) is 41.1 Å². The number of benzene rings is 1. The molecule has 0 unspecified atom stereocenters. The molecule has 1 saturated heterocycles. The number of esters is 1. The number of ketones is 1. The average Bonchev–Trinajstić information content (AvgIpc) is 2.95. The summed E-state index contributed by atoms with van der Waals surface area (Å²) in [5.41, 5.74) is 1.48. The van der Waals surface area contributed by atoms with Crippen LogP contribution in [-0.2, 0) is 19.1 Å². The highest BCUT2D eigenvalue weighted by molar-refractivity contribution is 6.08. The molecular weight excluding hydrogens is 370 g/mol. The summed E-state index contributed by atoms with van der Waals surface area (Å²) in [5, 5.41) is 0. The van der Waals surface area contributed by atoms with Crippen molar-refractivity contribution in [3.05, 3.63) is 47.5 Å². The van der Waals surface area contributed by atoms with Gasteiger partial charge in [0.1, 0.15) is 6.04 Å². The van der Waals surface area contributed by atoms with Gasteiger partial charge in [-0.15, -0.1) is 0 Å². The van der Waals surface area contributed by atoms with Crippen LogP contribution in [0.15, 0.2) is 36.4 Å². The highest BCUT2D eigenvalue weighted by Gasteiger charge is 2.51. The molecule has 0 N–H and O–H groups in total. The summed E-state index contributed by atoms with van der Waals surface area (Å²) in [5.74, 6) is -2.37. The molecule has 1 aromatic carbocycles. The third-order valence-electron chi connectivity index (χ3n) is 5.54. The number of nitrogens with zero attached hydrogens (tertiary/aromatic N) is 1. The van der Waals surface area contributed by atoms with Crippen LogP contribution in [0, 0.1) is 24.7 Å². The summed E-state index contributed by atoms with van der Waals surface area (Å²) in [6.07, 6.45) is 5.15. The van der Waals surface area contributed by atoms with Gasteiger partial charge in [-0.2, -0.15) is 0 Å². The fourth-order valence-electron chi connectivity index (χ4n) is 3.94. The molecule has 6 heteroatoms. The largest absolute Gasteiger partial charge is 0.456 e. The molecule has 3 rings (SSSR count). The summed E-state index contributed by atoms with van der Waals surface area (Å²) in [4.78, 5) is 52.0. The van der Waals surface area contributed by atoms with E-state index >= 15 is 0 Å². The molecule has 154 valence electrons. The van der Waals surface area contributed by atoms with Crippen LogP contribution in [0.2, 0.25) is 0 Å². The smallest absolute Gasteiger partial charge is 0.329 e. The second-order valence-electron chi connectivity index (χ2n) is 8.24. The SMILES string of the molecule is Cc1ccc(C(=O)COC(=O)[C@@H](CC(C)C)N2C(=O)[C@H]3CC=CC[C@@H]3C2=O)cc1. The lowest BCUT2D eigenvalue weighted by atomic mass is 9.85. The van der Waals surface area contributed by atoms with Crippen LogP contribution in [0.25, 0.3) is 0 Å². The Bertz CT molecular complexity index is 813. The predicted molar refractivity (Wildman–Crippen MR) is 107 cm³/mol. The van der Waals surface area contributed by atoms with E-state index in [0.717, 1.165) is 10.5 Å². The maximum Gasteiger partial charge on any atom is 0.329 e. The van der Waals surface area contributed by atoms with Gasteiger partial charge < -0.3 is 4.74 Å². The number of aryl methyl sites for hydroxylation is 1. The van der Waals surface area contributed by atoms with E-state index in [-0.39, 0.29) is 23.5 Å². The topological polar surface area (TPSA) is 80.8 Å². The molecule has 0 radical (unpaired) electrons. The number of hydrogen-bond donors (Lipinski definition) is 0. The van der Waals surface area contributed by atoms with E-state index in [1.165, 1.54) is 0 Å². The monoisotopic (exact) mass is 397 g/mol. The fourth-order valence-corrected chi connectivity index (χ4v) is 3.94. The van der Waals surface area contributed by atoms with Crippen LogP contribution in [0.3, 0.4) is 0 Å². The van der Waals surface area contributed by atoms with Gasteiger partial charge in [0.05, 0.1) is 11.8 Å². The van der Waals surface area contributed by atoms with Crippen molar-refractivity contribution in [3.63, 3.8) is 0 Å². The summed E-state index contributed by atoms with van der Waals surface area (Å²) in [6, 6.07) is 6.00. The van der Waals surface area contributed by atoms with Crippen molar-refractivity contribution in [1.82, 2.24) is 4.90 Å². The summed E-state index contributed by atoms with van der Waals surface area (Å²) in [6.45, 7) is 5.33. The third kappa shape index (κ3) is 4.47. The van der Waals surface area contributed by atoms with Gasteiger partial charge in [0.25, 0.3) is 0 Å². The number of allylic oxidation sites excluding steroid dienone is 2. The molecule has 29 heavy (non-hydrogen) atoms. The summed E-state index contributed by atoms with van der Waals surface area (Å²) in [7, 11) is 0. The van der Waals surface area contributed by atoms with Gasteiger partial charge in [-0.3, -0.25) is 19.3 Å². The van der Waals surface area contributed by atoms with Crippen molar-refractivity contribution >= 4 is 23.6 Å². The van der Waals surface area contributed by atoms with Gasteiger partial charge in [-0.25, -0.2) is 4.79 Å². The first kappa shape index (κ1) is 21.0. The standard InChI is InChI=1S/C23H27NO5/c1-14(2)12-19(24-21(26)17-6-4-5-7-18(17)22(24)27)23(28)29-13-20(25)16-10-8-15(3)9-11-16/h4-5,8-11,14,17-19H,6-7,12-13H2,1-3H3/t17-,18-,19+/m0/s1. The van der Waals surface area contributed by atoms with E-state index < -0.39 is 30.5 Å². The highest BCUT2D eigenvalue weighted by Crippen LogP contribution is 2.37. The van der Waals surface area contributed by atoms with Crippen LogP contribution in [0.5, 0.6) is 0 Å². The lowest BCUT2D eigenvalue weighted by molar-refractivity contribution is -0.158. The molecule has 0 bridgehead atoms. The second kappa shape index (κ2) is 8.72. The Morgan fingerprint density at radius 2 is 1.59 bits per heavy atom. The van der Waals surface area contributed by atoms with E-state index in [4.69, 9.17) is 4.74 Å². The summed E-state index contributed by atoms with van der Waals surface area (Å²) < 4.78 is 5.26. The zero-order chi connectivity index (χ0) is 21.1. The molecule has 2 amide bonds. The quantitative estimate of drug-likeness (QED) is 0.306. The molecule has 3 atom stereocenters. The number of carbonyl (C=O) groups excluding carboxylic acids is 4. The van der Waals surface area contributed by atoms with E-state index in [2.05, 4.69) is 0 Å². The summed E-state index contributed by atoms with van der Waals surface area (Å²) >= 11 is 0. The number of hydrogen-bond acceptors (Lipinski definition) is 5. The van der Waals surface area contributed by atoms with Gasteiger partial charge in [-0.1, -0.05) is 55.8 Å². The molecule has 2 aliphatic rings. The molecule has 6 nitrogen and oxygen atoms in total. The molecule has 1 aromatic rings. The predicted octanol–water partition coefficient (Wildman–Crippen LogP) is 3.09. The third-order valence-corrected chi connectivity index (χ3v) is 5.54. The van der Waals surface area contributed by atoms with Crippen molar-refractivity contribution in [1.29, 1.82) is 0 Å². The van der Waals surface area contributed by atoms with Crippen LogP contribution in [0.4, 0.5) is 0 Å². The lowest BCUT2D eigenvalue weighted by Crippen LogP contribution is -2.47. The number of ether oxygens (including phenoxy) is 1. The fraction of sp³-hybridized carbons (Fsp3) is 0.478. The minimum atomic E-state index is -0.994. The molecule has 0 spiro atoms. The van der Waals surface area contributed by atoms with E-state index in [1.807, 2.05) is 45.1 Å². The van der Waals surface area contributed by atoms with Crippen molar-refractivity contribution in [2.24, 2.45) is 17.8 Å². The van der Waals surface area contributed by atoms with Crippen molar-refractivity contribution in [2.45, 2.75) is 46.1 Å². The first-order chi connectivity index (χ1) is 13.8. The van der Waals surface area contributed by atoms with E-state index in [0.29, 0.717) is 24.8 Å². The molecular formula is C23H27NO5. The van der Waals surface area contributed by atoms with Crippen LogP contribution in [0.1, 0.15) is 49.0 Å². The van der Waals surface area contributed by atoms with Crippen LogP contribution >= 0.6 is 0 Å². The Morgan fingerprint density at radius 1 is 1.03 bits per heavy atom. The van der Waals surface area contributed by atoms with Gasteiger partial charge >= 0.3 is 5.97 Å². The molecule has 0 saturated carbocycles. The van der Waals surface area contributed by atoms with Gasteiger partial charge in [-0.05, 0) is 32.1 Å². The van der Waals surface area contributed by atoms with Crippen molar-refractivity contribution < 1.29 is 23.9 Å². The molecule has 1 heterocycles. The average molecular weight is 397 g/mol. The maximum atomic E-state index is 12.9. The molecule has 1 aliphatic heterocycles. The zero-order valence-corrected chi connectivity index (χ0v) is 17.1. The second-order valence-corrected chi connectivity index (χ2v) is 8.24. The number of carbonyl (C=O) groups is 4. The van der Waals surface area contributed by atoms with E-state index in [9.17, 15) is 19.2 Å². The minimum Gasteiger partial charge on any atom is -0.456 e. The van der Waals surface area contributed by atoms with Gasteiger partial charge in [0.15, 0.2) is 12.4 Å². The lowest BCUT2D eigenvalue weighted by Gasteiger charge is -2.26. The number of fused-ring (bicyclic) bond motifs is 1. The number of Topliss-reactive ketones (excluding diaryl/α,β-unsaturated/α-hetero) is 1. The van der Waals surface area contributed by atoms with Crippen molar-refractivity contribution in [2.75, 3.05) is 6.61 Å². The van der Waals surface area contributed by atoms with Gasteiger partial charge in [0.2, 0.25) is 11.8 Å². The number of rotatable bonds is 7. The Hall–Kier alpha value is -2.76. The maximum absolute atomic E-state index is 12.9. The molecule has 1 fully saturated rings. The highest BCUT2D eigenvalue weighted by atomic mass is 16.5. The zero-order valence-electron chi connectivity index (χ0n) is 17.1. The van der Waals surface area contributed by atoms with Gasteiger partial charge in [0, 0.05) is 5.56 Å². The minimum absolute atomic E-state index is 0.0710. The molecule has 1 aliphatic carbocycles. The Morgan fingerprint density at radius 3 is 2.10 bits per heavy atom. The Labute approximate surface area is 170 Å². The Balaban J connectivity index is 1.72. The Kier molecular flexibility index (Phi) is 6.30. The normalized spacial score (nSPS) is 22.0. The van der Waals surface area contributed by atoms with Crippen molar-refractivity contribution in [3.8, 4) is 0 Å². The first-order valence-electron chi connectivity index (χ1n) is 10.1. The van der Waals surface area contributed by atoms with Crippen LogP contribution < -0.4 is 0 Å². The molecule has 0 aromatic heterocycles. The number of likely N-dealkylation sites (tertiary alicyclic amines) is 1. The first-order valence-corrected chi connectivity index (χ1v) is 10.1.